The van der Waals surface area contributed by atoms with Gasteiger partial charge in [0, 0.05) is 12.7 Å². The van der Waals surface area contributed by atoms with Gasteiger partial charge in [-0.25, -0.2) is 4.39 Å². The lowest BCUT2D eigenvalue weighted by Gasteiger charge is -2.23. The molecule has 1 aliphatic rings. The van der Waals surface area contributed by atoms with Gasteiger partial charge >= 0.3 is 0 Å². The predicted octanol–water partition coefficient (Wildman–Crippen LogP) is 2.53. The predicted molar refractivity (Wildman–Crippen MR) is 63.5 cm³/mol. The van der Waals surface area contributed by atoms with E-state index < -0.39 is 0 Å². The van der Waals surface area contributed by atoms with E-state index in [0.717, 1.165) is 31.5 Å². The Kier molecular flexibility index (Phi) is 6.81. The lowest BCUT2D eigenvalue weighted by Crippen LogP contribution is -2.28. The van der Waals surface area contributed by atoms with Crippen LogP contribution < -0.4 is 5.32 Å². The molecule has 1 N–H and O–H groups in total. The van der Waals surface area contributed by atoms with Gasteiger partial charge in [0.05, 0.1) is 6.20 Å². The zero-order valence-corrected chi connectivity index (χ0v) is 9.91. The minimum atomic E-state index is -0.170. The Morgan fingerprint density at radius 1 is 1.40 bits per heavy atom. The lowest BCUT2D eigenvalue weighted by atomic mass is 9.92. The summed E-state index contributed by atoms with van der Waals surface area (Å²) < 4.78 is 13.3. The average Bonchev–Trinajstić information content (AvgIpc) is 2.20. The highest BCUT2D eigenvalue weighted by Crippen LogP contribution is 2.24. The van der Waals surface area contributed by atoms with E-state index in [1.807, 2.05) is 0 Å². The molecule has 1 atom stereocenters. The van der Waals surface area contributed by atoms with Crippen LogP contribution in [0.5, 0.6) is 0 Å². The van der Waals surface area contributed by atoms with Crippen molar-refractivity contribution in [3.63, 3.8) is 0 Å². The molecule has 1 fully saturated rings. The molecule has 5 heteroatoms. The van der Waals surface area contributed by atoms with Crippen LogP contribution in [-0.2, 0) is 0 Å². The number of pyridine rings is 1. The van der Waals surface area contributed by atoms with E-state index in [4.69, 9.17) is 0 Å². The van der Waals surface area contributed by atoms with Crippen molar-refractivity contribution < 1.29 is 4.39 Å². The van der Waals surface area contributed by atoms with Crippen molar-refractivity contribution >= 4 is 24.8 Å². The maximum atomic E-state index is 13.3. The molecule has 0 aromatic carbocycles. The first-order chi connectivity index (χ1) is 6.38. The van der Waals surface area contributed by atoms with E-state index in [-0.39, 0.29) is 30.6 Å². The van der Waals surface area contributed by atoms with E-state index in [9.17, 15) is 4.39 Å². The van der Waals surface area contributed by atoms with Crippen LogP contribution in [0.1, 0.15) is 24.3 Å². The molecular weight excluding hydrogens is 238 g/mol. The van der Waals surface area contributed by atoms with Gasteiger partial charge in [0.15, 0.2) is 0 Å². The van der Waals surface area contributed by atoms with E-state index >= 15 is 0 Å². The average molecular weight is 253 g/mol. The standard InChI is InChI=1S/C10H13FN2.2ClH/c11-10-7-13-5-3-9(10)8-2-1-4-12-6-8;;/h3,5,7-8,12H,1-2,4,6H2;2*1H. The quantitative estimate of drug-likeness (QED) is 0.831. The van der Waals surface area contributed by atoms with Crippen LogP contribution in [0.3, 0.4) is 0 Å². The molecule has 0 saturated carbocycles. The van der Waals surface area contributed by atoms with Crippen molar-refractivity contribution in [2.24, 2.45) is 0 Å². The molecular formula is C10H15Cl2FN2. The summed E-state index contributed by atoms with van der Waals surface area (Å²) in [5.41, 5.74) is 0.808. The summed E-state index contributed by atoms with van der Waals surface area (Å²) in [7, 11) is 0. The van der Waals surface area contributed by atoms with E-state index in [1.54, 1.807) is 12.3 Å². The maximum Gasteiger partial charge on any atom is 0.144 e. The van der Waals surface area contributed by atoms with Crippen molar-refractivity contribution in [1.82, 2.24) is 10.3 Å². The number of rotatable bonds is 1. The third-order valence-corrected chi connectivity index (χ3v) is 2.54. The fourth-order valence-corrected chi connectivity index (χ4v) is 1.83. The Morgan fingerprint density at radius 3 is 2.80 bits per heavy atom. The van der Waals surface area contributed by atoms with Crippen molar-refractivity contribution in [1.29, 1.82) is 0 Å². The van der Waals surface area contributed by atoms with Crippen molar-refractivity contribution in [3.05, 3.63) is 29.8 Å². The van der Waals surface area contributed by atoms with E-state index in [2.05, 4.69) is 10.3 Å². The Labute approximate surface area is 101 Å². The lowest BCUT2D eigenvalue weighted by molar-refractivity contribution is 0.445. The highest BCUT2D eigenvalue weighted by atomic mass is 35.5. The Balaban J connectivity index is 0.000000980. The first kappa shape index (κ1) is 14.6. The van der Waals surface area contributed by atoms with Gasteiger partial charge in [-0.15, -0.1) is 24.8 Å². The Hall–Kier alpha value is -0.380. The summed E-state index contributed by atoms with van der Waals surface area (Å²) in [6.45, 7) is 1.95. The van der Waals surface area contributed by atoms with Crippen LogP contribution in [0.25, 0.3) is 0 Å². The normalized spacial score (nSPS) is 19.9. The summed E-state index contributed by atoms with van der Waals surface area (Å²) in [6, 6.07) is 1.78. The first-order valence-corrected chi connectivity index (χ1v) is 4.68. The summed E-state index contributed by atoms with van der Waals surface area (Å²) in [5, 5.41) is 3.27. The maximum absolute atomic E-state index is 13.3. The van der Waals surface area contributed by atoms with Gasteiger partial charge in [-0.3, -0.25) is 4.98 Å². The fraction of sp³-hybridized carbons (Fsp3) is 0.500. The van der Waals surface area contributed by atoms with Crippen LogP contribution in [0, 0.1) is 5.82 Å². The number of piperidine rings is 1. The number of hydrogen-bond acceptors (Lipinski definition) is 2. The molecule has 0 bridgehead atoms. The zero-order valence-electron chi connectivity index (χ0n) is 8.28. The molecule has 2 nitrogen and oxygen atoms in total. The Bertz CT molecular complexity index is 291. The monoisotopic (exact) mass is 252 g/mol. The topological polar surface area (TPSA) is 24.9 Å². The van der Waals surface area contributed by atoms with E-state index in [1.165, 1.54) is 6.20 Å². The number of hydrogen-bond donors (Lipinski definition) is 1. The molecule has 0 amide bonds. The van der Waals surface area contributed by atoms with Crippen molar-refractivity contribution in [2.45, 2.75) is 18.8 Å². The Morgan fingerprint density at radius 2 is 2.20 bits per heavy atom. The molecule has 0 aliphatic carbocycles. The van der Waals surface area contributed by atoms with Crippen LogP contribution in [0.4, 0.5) is 4.39 Å². The number of aromatic nitrogens is 1. The molecule has 0 spiro atoms. The third-order valence-electron chi connectivity index (χ3n) is 2.54. The van der Waals surface area contributed by atoms with Crippen LogP contribution in [0.15, 0.2) is 18.5 Å². The summed E-state index contributed by atoms with van der Waals surface area (Å²) in [4.78, 5) is 3.74. The summed E-state index contributed by atoms with van der Waals surface area (Å²) >= 11 is 0. The van der Waals surface area contributed by atoms with Crippen LogP contribution in [-0.4, -0.2) is 18.1 Å². The first-order valence-electron chi connectivity index (χ1n) is 4.68. The smallest absolute Gasteiger partial charge is 0.144 e. The number of nitrogens with one attached hydrogen (secondary N) is 1. The van der Waals surface area contributed by atoms with Crippen LogP contribution in [0.2, 0.25) is 0 Å². The van der Waals surface area contributed by atoms with Gasteiger partial charge in [-0.1, -0.05) is 0 Å². The number of nitrogens with zero attached hydrogens (tertiary/aromatic N) is 1. The molecule has 1 unspecified atom stereocenters. The van der Waals surface area contributed by atoms with Gasteiger partial charge in [-0.2, -0.15) is 0 Å². The zero-order chi connectivity index (χ0) is 9.10. The number of halogens is 3. The van der Waals surface area contributed by atoms with Crippen LogP contribution >= 0.6 is 24.8 Å². The van der Waals surface area contributed by atoms with Crippen molar-refractivity contribution in [3.8, 4) is 0 Å². The summed E-state index contributed by atoms with van der Waals surface area (Å²) in [5.74, 6) is 0.160. The van der Waals surface area contributed by atoms with Gasteiger partial charge in [0.2, 0.25) is 0 Å². The highest BCUT2D eigenvalue weighted by Gasteiger charge is 2.17. The summed E-state index contributed by atoms with van der Waals surface area (Å²) in [6.07, 6.45) is 5.16. The van der Waals surface area contributed by atoms with Gasteiger partial charge in [-0.05, 0) is 36.9 Å². The SMILES string of the molecule is Cl.Cl.Fc1cnccc1C1CCCNC1. The minimum absolute atomic E-state index is 0. The van der Waals surface area contributed by atoms with Gasteiger partial charge in [0.25, 0.3) is 0 Å². The molecule has 1 aromatic rings. The van der Waals surface area contributed by atoms with E-state index in [0.29, 0.717) is 5.92 Å². The highest BCUT2D eigenvalue weighted by molar-refractivity contribution is 5.85. The molecule has 1 aliphatic heterocycles. The van der Waals surface area contributed by atoms with Gasteiger partial charge in [0.1, 0.15) is 5.82 Å². The third kappa shape index (κ3) is 3.59. The second kappa shape index (κ2) is 6.99. The molecule has 86 valence electrons. The molecule has 2 heterocycles. The van der Waals surface area contributed by atoms with Crippen molar-refractivity contribution in [2.75, 3.05) is 13.1 Å². The van der Waals surface area contributed by atoms with Gasteiger partial charge < -0.3 is 5.32 Å². The fourth-order valence-electron chi connectivity index (χ4n) is 1.83. The minimum Gasteiger partial charge on any atom is -0.316 e. The molecule has 15 heavy (non-hydrogen) atoms. The molecule has 2 rings (SSSR count). The largest absolute Gasteiger partial charge is 0.316 e. The molecule has 0 radical (unpaired) electrons. The molecule has 1 saturated heterocycles. The molecule has 1 aromatic heterocycles. The second-order valence-electron chi connectivity index (χ2n) is 3.44. The second-order valence-corrected chi connectivity index (χ2v) is 3.44.